The van der Waals surface area contributed by atoms with Crippen LogP contribution in [0.4, 0.5) is 0 Å². The fourth-order valence-electron chi connectivity index (χ4n) is 6.09. The topological polar surface area (TPSA) is 25.8 Å². The first-order valence-corrected chi connectivity index (χ1v) is 25.3. The molecule has 0 fully saturated rings. The van der Waals surface area contributed by atoms with Gasteiger partial charge >= 0.3 is 99.8 Å². The van der Waals surface area contributed by atoms with Crippen LogP contribution >= 0.6 is 11.3 Å². The van der Waals surface area contributed by atoms with Gasteiger partial charge in [-0.2, -0.15) is 11.3 Å². The molecular weight excluding hydrogens is 877 g/mol. The molecule has 1 radical (unpaired) electrons. The summed E-state index contributed by atoms with van der Waals surface area (Å²) in [5, 5.41) is 2.56. The van der Waals surface area contributed by atoms with E-state index in [-0.39, 0.29) is 20.1 Å². The summed E-state index contributed by atoms with van der Waals surface area (Å²) in [5.74, 6) is 7.61. The quantitative estimate of drug-likeness (QED) is 0.123. The molecule has 0 amide bonds. The van der Waals surface area contributed by atoms with E-state index in [2.05, 4.69) is 156 Å². The standard InChI is InChI=1S/C32H24NS.C14H16GeN.Ir/c1-21(2)25-17-18-33-30(20-25)28-10-6-9-27-29-19-26(15-16-31(29)34-32(27)28)24-13-11-23(12-14-24)22-7-4-3-5-8-22;1-15(2,3)13-9-10-14(16-11-13)12-7-5-4-6-8-12;/h3-9,11-21H,1-2H3;4-7,9-11H,1-3H3;/q2*-1;. The molecule has 0 unspecified atom stereocenters. The molecule has 3 heterocycles. The molecule has 8 aromatic rings. The Labute approximate surface area is 322 Å². The van der Waals surface area contributed by atoms with E-state index in [0.29, 0.717) is 5.92 Å². The van der Waals surface area contributed by atoms with Crippen molar-refractivity contribution in [1.82, 2.24) is 9.97 Å². The van der Waals surface area contributed by atoms with Gasteiger partial charge in [0.05, 0.1) is 0 Å². The van der Waals surface area contributed by atoms with Gasteiger partial charge in [-0.15, -0.1) is 23.8 Å². The van der Waals surface area contributed by atoms with Gasteiger partial charge in [0.15, 0.2) is 0 Å². The van der Waals surface area contributed by atoms with E-state index in [4.69, 9.17) is 0 Å². The van der Waals surface area contributed by atoms with E-state index in [1.54, 1.807) is 0 Å². The molecule has 5 heteroatoms. The molecule has 3 aromatic heterocycles. The maximum atomic E-state index is 4.69. The Morgan fingerprint density at radius 1 is 0.608 bits per heavy atom. The van der Waals surface area contributed by atoms with Crippen LogP contribution in [-0.4, -0.2) is 23.2 Å². The summed E-state index contributed by atoms with van der Waals surface area (Å²) in [4.78, 5) is 9.22. The van der Waals surface area contributed by atoms with E-state index in [1.165, 1.54) is 52.4 Å². The number of rotatable bonds is 6. The second-order valence-corrected chi connectivity index (χ2v) is 25.6. The molecular formula is C46H40GeIrN2S-2. The summed E-state index contributed by atoms with van der Waals surface area (Å²) in [5.41, 5.74) is 10.4. The van der Waals surface area contributed by atoms with Gasteiger partial charge in [0.1, 0.15) is 0 Å². The third kappa shape index (κ3) is 8.32. The van der Waals surface area contributed by atoms with E-state index in [0.717, 1.165) is 22.5 Å². The van der Waals surface area contributed by atoms with Crippen molar-refractivity contribution in [3.05, 3.63) is 164 Å². The summed E-state index contributed by atoms with van der Waals surface area (Å²) in [7, 11) is 0. The van der Waals surface area contributed by atoms with Crippen molar-refractivity contribution in [3.8, 4) is 44.8 Å². The Balaban J connectivity index is 0.000000222. The van der Waals surface area contributed by atoms with Crippen LogP contribution < -0.4 is 4.40 Å². The fraction of sp³-hybridized carbons (Fsp3) is 0.130. The molecule has 0 saturated heterocycles. The maximum Gasteiger partial charge on any atom is 0 e. The molecule has 5 aromatic carbocycles. The van der Waals surface area contributed by atoms with Crippen LogP contribution in [0.15, 0.2) is 146 Å². The molecule has 2 nitrogen and oxygen atoms in total. The minimum atomic E-state index is -1.72. The Hall–Kier alpha value is -4.19. The summed E-state index contributed by atoms with van der Waals surface area (Å²) in [6.07, 6.45) is 3.96. The zero-order valence-corrected chi connectivity index (χ0v) is 34.9. The fourth-order valence-corrected chi connectivity index (χ4v) is 9.45. The number of pyridine rings is 2. The molecule has 0 aliphatic rings. The van der Waals surface area contributed by atoms with Crippen LogP contribution in [0, 0.1) is 12.1 Å². The third-order valence-electron chi connectivity index (χ3n) is 9.08. The summed E-state index contributed by atoms with van der Waals surface area (Å²) >= 11 is 0.114. The van der Waals surface area contributed by atoms with E-state index in [1.807, 2.05) is 54.1 Å². The van der Waals surface area contributed by atoms with Crippen molar-refractivity contribution >= 4 is 49.2 Å². The summed E-state index contributed by atoms with van der Waals surface area (Å²) in [6.45, 7) is 4.44. The van der Waals surface area contributed by atoms with Crippen molar-refractivity contribution in [2.45, 2.75) is 37.0 Å². The number of hydrogen-bond acceptors (Lipinski definition) is 3. The first-order chi connectivity index (χ1) is 24.2. The van der Waals surface area contributed by atoms with Gasteiger partial charge in [-0.1, -0.05) is 91.5 Å². The molecule has 0 spiro atoms. The molecule has 255 valence electrons. The van der Waals surface area contributed by atoms with Crippen molar-refractivity contribution in [2.75, 3.05) is 0 Å². The van der Waals surface area contributed by atoms with Gasteiger partial charge in [0.2, 0.25) is 0 Å². The zero-order valence-electron chi connectivity index (χ0n) is 29.6. The number of aromatic nitrogens is 2. The Kier molecular flexibility index (Phi) is 11.5. The van der Waals surface area contributed by atoms with Crippen LogP contribution in [0.3, 0.4) is 0 Å². The average molecular weight is 918 g/mol. The minimum Gasteiger partial charge on any atom is 0 e. The molecule has 0 bridgehead atoms. The van der Waals surface area contributed by atoms with Gasteiger partial charge < -0.3 is 4.98 Å². The number of hydrogen-bond donors (Lipinski definition) is 0. The van der Waals surface area contributed by atoms with Gasteiger partial charge in [-0.05, 0) is 62.2 Å². The van der Waals surface area contributed by atoms with Crippen molar-refractivity contribution in [1.29, 1.82) is 0 Å². The average Bonchev–Trinajstić information content (AvgIpc) is 3.54. The van der Waals surface area contributed by atoms with Crippen LogP contribution in [0.5, 0.6) is 0 Å². The zero-order chi connectivity index (χ0) is 34.7. The van der Waals surface area contributed by atoms with Gasteiger partial charge in [0, 0.05) is 31.0 Å². The predicted octanol–water partition coefficient (Wildman–Crippen LogP) is 12.5. The third-order valence-corrected chi connectivity index (χ3v) is 14.5. The molecule has 0 aliphatic carbocycles. The van der Waals surface area contributed by atoms with Crippen molar-refractivity contribution in [2.24, 2.45) is 0 Å². The predicted molar refractivity (Wildman–Crippen MR) is 218 cm³/mol. The monoisotopic (exact) mass is 919 g/mol. The van der Waals surface area contributed by atoms with Crippen LogP contribution in [0.2, 0.25) is 17.3 Å². The maximum absolute atomic E-state index is 4.69. The first-order valence-electron chi connectivity index (χ1n) is 17.2. The minimum absolute atomic E-state index is 0. The van der Waals surface area contributed by atoms with Crippen molar-refractivity contribution < 1.29 is 20.1 Å². The molecule has 8 rings (SSSR count). The van der Waals surface area contributed by atoms with Crippen molar-refractivity contribution in [3.63, 3.8) is 0 Å². The normalized spacial score (nSPS) is 11.3. The molecule has 0 aliphatic heterocycles. The first kappa shape index (κ1) is 36.6. The Morgan fingerprint density at radius 3 is 1.98 bits per heavy atom. The number of nitrogens with zero attached hydrogens (tertiary/aromatic N) is 2. The van der Waals surface area contributed by atoms with Crippen LogP contribution in [0.1, 0.15) is 25.3 Å². The van der Waals surface area contributed by atoms with Crippen LogP contribution in [0.25, 0.3) is 64.9 Å². The Morgan fingerprint density at radius 2 is 1.31 bits per heavy atom. The second-order valence-electron chi connectivity index (χ2n) is 13.9. The SMILES string of the molecule is CC(C)c1ccnc(-c2[c-]ccc3c2sc2ccc(-c4ccc(-c5ccccc5)cc4)cc23)c1.[CH3][Ge]([CH3])([CH3])[c]1ccc(-c2[c-]cccc2)nc1.[Ir]. The van der Waals surface area contributed by atoms with E-state index >= 15 is 0 Å². The van der Waals surface area contributed by atoms with Crippen LogP contribution in [-0.2, 0) is 20.1 Å². The summed E-state index contributed by atoms with van der Waals surface area (Å²) < 4.78 is 3.99. The number of fused-ring (bicyclic) bond motifs is 3. The van der Waals surface area contributed by atoms with Gasteiger partial charge in [-0.3, -0.25) is 0 Å². The summed E-state index contributed by atoms with van der Waals surface area (Å²) in [6, 6.07) is 53.7. The van der Waals surface area contributed by atoms with E-state index in [9.17, 15) is 0 Å². The number of thiophene rings is 1. The van der Waals surface area contributed by atoms with E-state index < -0.39 is 13.3 Å². The second kappa shape index (κ2) is 16.0. The van der Waals surface area contributed by atoms with Gasteiger partial charge in [-0.25, -0.2) is 0 Å². The molecule has 0 saturated carbocycles. The molecule has 0 atom stereocenters. The largest absolute Gasteiger partial charge is 0 e. The number of benzene rings is 5. The Bertz CT molecular complexity index is 2360. The molecule has 51 heavy (non-hydrogen) atoms. The smallest absolute Gasteiger partial charge is 0 e. The molecule has 0 N–H and O–H groups in total. The van der Waals surface area contributed by atoms with Gasteiger partial charge in [0.25, 0.3) is 0 Å².